The van der Waals surface area contributed by atoms with E-state index in [0.29, 0.717) is 0 Å². The van der Waals surface area contributed by atoms with E-state index in [2.05, 4.69) is 6.08 Å². The minimum absolute atomic E-state index is 0.259. The lowest BCUT2D eigenvalue weighted by Gasteiger charge is -2.21. The molecule has 0 amide bonds. The fraction of sp³-hybridized carbons (Fsp3) is 0.714. The maximum Gasteiger partial charge on any atom is 0.103 e. The standard InChI is InChI=1S/C7H13NO/c1-8(9)7-5-3-2-4-6-7/h5,8H,2-4,6H2,1H3. The topological polar surface area (TPSA) is 27.5 Å². The van der Waals surface area contributed by atoms with Crippen LogP contribution in [0.3, 0.4) is 0 Å². The fourth-order valence-corrected chi connectivity index (χ4v) is 1.16. The van der Waals surface area contributed by atoms with Crippen molar-refractivity contribution in [2.24, 2.45) is 0 Å². The van der Waals surface area contributed by atoms with Gasteiger partial charge in [0.2, 0.25) is 0 Å². The van der Waals surface area contributed by atoms with Gasteiger partial charge in [0.15, 0.2) is 0 Å². The van der Waals surface area contributed by atoms with Crippen molar-refractivity contribution in [1.82, 2.24) is 0 Å². The molecule has 0 spiro atoms. The molecule has 9 heavy (non-hydrogen) atoms. The summed E-state index contributed by atoms with van der Waals surface area (Å²) in [5, 5.41) is 11.0. The summed E-state index contributed by atoms with van der Waals surface area (Å²) in [5.41, 5.74) is 1.04. The summed E-state index contributed by atoms with van der Waals surface area (Å²) >= 11 is 0. The third-order valence-electron chi connectivity index (χ3n) is 1.74. The molecule has 0 saturated heterocycles. The highest BCUT2D eigenvalue weighted by Crippen LogP contribution is 2.11. The van der Waals surface area contributed by atoms with Gasteiger partial charge in [-0.05, 0) is 25.3 Å². The van der Waals surface area contributed by atoms with Gasteiger partial charge in [0, 0.05) is 6.42 Å². The Morgan fingerprint density at radius 2 is 2.33 bits per heavy atom. The lowest BCUT2D eigenvalue weighted by atomic mass is 10.1. The van der Waals surface area contributed by atoms with Crippen LogP contribution in [0, 0.1) is 5.21 Å². The Labute approximate surface area is 55.7 Å². The second kappa shape index (κ2) is 2.99. The predicted octanol–water partition coefficient (Wildman–Crippen LogP) is 0.457. The molecule has 2 nitrogen and oxygen atoms in total. The summed E-state index contributed by atoms with van der Waals surface area (Å²) in [6.07, 6.45) is 6.65. The van der Waals surface area contributed by atoms with Crippen LogP contribution in [0.25, 0.3) is 0 Å². The number of allylic oxidation sites excluding steroid dienone is 2. The van der Waals surface area contributed by atoms with E-state index in [9.17, 15) is 5.21 Å². The highest BCUT2D eigenvalue weighted by Gasteiger charge is 2.05. The Kier molecular flexibility index (Phi) is 2.25. The van der Waals surface area contributed by atoms with Crippen molar-refractivity contribution in [3.05, 3.63) is 17.0 Å². The molecular weight excluding hydrogens is 114 g/mol. The third kappa shape index (κ3) is 1.80. The van der Waals surface area contributed by atoms with Crippen LogP contribution in [-0.4, -0.2) is 7.05 Å². The van der Waals surface area contributed by atoms with E-state index in [-0.39, 0.29) is 5.06 Å². The largest absolute Gasteiger partial charge is 0.629 e. The van der Waals surface area contributed by atoms with Crippen LogP contribution in [0.1, 0.15) is 25.7 Å². The molecule has 1 N–H and O–H groups in total. The van der Waals surface area contributed by atoms with E-state index in [1.807, 2.05) is 0 Å². The minimum atomic E-state index is 0.259. The summed E-state index contributed by atoms with van der Waals surface area (Å²) in [5.74, 6) is 0. The first-order chi connectivity index (χ1) is 4.30. The molecule has 2 heteroatoms. The van der Waals surface area contributed by atoms with Crippen LogP contribution in [0.15, 0.2) is 11.8 Å². The first-order valence-electron chi connectivity index (χ1n) is 3.50. The quantitative estimate of drug-likeness (QED) is 0.509. The van der Waals surface area contributed by atoms with Crippen molar-refractivity contribution in [3.8, 4) is 0 Å². The van der Waals surface area contributed by atoms with E-state index in [4.69, 9.17) is 0 Å². The van der Waals surface area contributed by atoms with E-state index in [1.165, 1.54) is 12.8 Å². The van der Waals surface area contributed by atoms with Gasteiger partial charge >= 0.3 is 0 Å². The summed E-state index contributed by atoms with van der Waals surface area (Å²) in [7, 11) is 1.65. The Hall–Kier alpha value is -0.340. The Morgan fingerprint density at radius 1 is 1.56 bits per heavy atom. The second-order valence-electron chi connectivity index (χ2n) is 2.53. The molecule has 52 valence electrons. The van der Waals surface area contributed by atoms with Crippen LogP contribution < -0.4 is 5.06 Å². The molecular formula is C7H13NO. The average Bonchev–Trinajstić information content (AvgIpc) is 1.90. The Morgan fingerprint density at radius 3 is 2.67 bits per heavy atom. The lowest BCUT2D eigenvalue weighted by Crippen LogP contribution is -3.01. The lowest BCUT2D eigenvalue weighted by molar-refractivity contribution is -0.784. The zero-order valence-corrected chi connectivity index (χ0v) is 5.81. The highest BCUT2D eigenvalue weighted by molar-refractivity contribution is 4.94. The molecule has 1 rings (SSSR count). The van der Waals surface area contributed by atoms with Crippen LogP contribution in [0.5, 0.6) is 0 Å². The number of rotatable bonds is 1. The van der Waals surface area contributed by atoms with Gasteiger partial charge < -0.3 is 10.3 Å². The normalized spacial score (nSPS) is 23.1. The molecule has 0 heterocycles. The van der Waals surface area contributed by atoms with Crippen LogP contribution in [0.4, 0.5) is 0 Å². The first kappa shape index (κ1) is 6.78. The third-order valence-corrected chi connectivity index (χ3v) is 1.74. The van der Waals surface area contributed by atoms with Gasteiger partial charge in [-0.15, -0.1) is 0 Å². The van der Waals surface area contributed by atoms with Gasteiger partial charge in [-0.1, -0.05) is 0 Å². The molecule has 1 aliphatic carbocycles. The summed E-state index contributed by atoms with van der Waals surface area (Å²) in [4.78, 5) is 0. The number of hydroxylamine groups is 2. The number of quaternary nitrogens is 1. The van der Waals surface area contributed by atoms with E-state index < -0.39 is 0 Å². The Bertz CT molecular complexity index is 118. The molecule has 0 bridgehead atoms. The summed E-state index contributed by atoms with van der Waals surface area (Å²) < 4.78 is 0. The molecule has 0 radical (unpaired) electrons. The zero-order chi connectivity index (χ0) is 6.69. The van der Waals surface area contributed by atoms with Crippen molar-refractivity contribution in [3.63, 3.8) is 0 Å². The average molecular weight is 127 g/mol. The van der Waals surface area contributed by atoms with E-state index in [0.717, 1.165) is 18.5 Å². The predicted molar refractivity (Wildman–Crippen MR) is 36.8 cm³/mol. The fourth-order valence-electron chi connectivity index (χ4n) is 1.16. The number of hydrogen-bond donors (Lipinski definition) is 1. The summed E-state index contributed by atoms with van der Waals surface area (Å²) in [6.45, 7) is 0. The minimum Gasteiger partial charge on any atom is -0.629 e. The van der Waals surface area contributed by atoms with Crippen molar-refractivity contribution >= 4 is 0 Å². The monoisotopic (exact) mass is 127 g/mol. The van der Waals surface area contributed by atoms with Crippen molar-refractivity contribution in [1.29, 1.82) is 0 Å². The van der Waals surface area contributed by atoms with E-state index in [1.54, 1.807) is 7.05 Å². The van der Waals surface area contributed by atoms with Crippen LogP contribution in [-0.2, 0) is 0 Å². The summed E-state index contributed by atoms with van der Waals surface area (Å²) in [6, 6.07) is 0. The molecule has 0 aromatic carbocycles. The molecule has 0 saturated carbocycles. The maximum absolute atomic E-state index is 10.7. The van der Waals surface area contributed by atoms with Crippen molar-refractivity contribution in [2.45, 2.75) is 25.7 Å². The van der Waals surface area contributed by atoms with Gasteiger partial charge in [-0.25, -0.2) is 0 Å². The molecule has 0 aliphatic heterocycles. The van der Waals surface area contributed by atoms with Crippen LogP contribution >= 0.6 is 0 Å². The van der Waals surface area contributed by atoms with Gasteiger partial charge in [0.25, 0.3) is 0 Å². The van der Waals surface area contributed by atoms with Crippen molar-refractivity contribution in [2.75, 3.05) is 7.05 Å². The smallest absolute Gasteiger partial charge is 0.103 e. The number of hydrogen-bond acceptors (Lipinski definition) is 1. The molecule has 0 aromatic rings. The molecule has 1 aliphatic rings. The van der Waals surface area contributed by atoms with E-state index >= 15 is 0 Å². The Balaban J connectivity index is 2.46. The SMILES string of the molecule is C[NH+]([O-])C1=CCCCC1. The molecule has 0 aromatic heterocycles. The molecule has 1 atom stereocenters. The first-order valence-corrected chi connectivity index (χ1v) is 3.50. The van der Waals surface area contributed by atoms with Gasteiger partial charge in [-0.3, -0.25) is 0 Å². The number of nitrogens with one attached hydrogen (secondary N) is 1. The van der Waals surface area contributed by atoms with Crippen molar-refractivity contribution < 1.29 is 5.06 Å². The zero-order valence-electron chi connectivity index (χ0n) is 5.81. The molecule has 0 fully saturated rings. The maximum atomic E-state index is 10.7. The van der Waals surface area contributed by atoms with Gasteiger partial charge in [0.1, 0.15) is 5.70 Å². The molecule has 1 unspecified atom stereocenters. The van der Waals surface area contributed by atoms with Gasteiger partial charge in [-0.2, -0.15) is 0 Å². The highest BCUT2D eigenvalue weighted by atomic mass is 16.5. The van der Waals surface area contributed by atoms with Crippen LogP contribution in [0.2, 0.25) is 0 Å². The second-order valence-corrected chi connectivity index (χ2v) is 2.53. The van der Waals surface area contributed by atoms with Gasteiger partial charge in [0.05, 0.1) is 7.05 Å².